The number of fused-ring (bicyclic) bond motifs is 1. The van der Waals surface area contributed by atoms with E-state index in [2.05, 4.69) is 9.97 Å². The van der Waals surface area contributed by atoms with Crippen LogP contribution in [0, 0.1) is 0 Å². The molecule has 6 heteroatoms. The highest BCUT2D eigenvalue weighted by Gasteiger charge is 2.10. The van der Waals surface area contributed by atoms with Crippen LogP contribution in [0.5, 0.6) is 0 Å². The highest BCUT2D eigenvalue weighted by molar-refractivity contribution is 5.78. The van der Waals surface area contributed by atoms with Crippen LogP contribution >= 0.6 is 0 Å². The Morgan fingerprint density at radius 2 is 2.32 bits per heavy atom. The molecule has 0 aliphatic rings. The number of imidazole rings is 1. The van der Waals surface area contributed by atoms with Gasteiger partial charge in [0.05, 0.1) is 17.4 Å². The summed E-state index contributed by atoms with van der Waals surface area (Å²) < 4.78 is 7.06. The Kier molecular flexibility index (Phi) is 2.72. The van der Waals surface area contributed by atoms with Crippen molar-refractivity contribution in [1.82, 2.24) is 14.5 Å². The predicted molar refractivity (Wildman–Crippen MR) is 71.8 cm³/mol. The summed E-state index contributed by atoms with van der Waals surface area (Å²) in [6.07, 6.45) is 2.54. The quantitative estimate of drug-likeness (QED) is 0.734. The third kappa shape index (κ3) is 1.96. The first-order valence-electron chi connectivity index (χ1n) is 6.03. The number of H-pyrrole nitrogens is 1. The molecular formula is C13H14N4O2. The van der Waals surface area contributed by atoms with Gasteiger partial charge in [0, 0.05) is 19.0 Å². The van der Waals surface area contributed by atoms with Crippen LogP contribution in [0.4, 0.5) is 0 Å². The Balaban J connectivity index is 2.10. The third-order valence-electron chi connectivity index (χ3n) is 3.17. The lowest BCUT2D eigenvalue weighted by atomic mass is 10.1. The van der Waals surface area contributed by atoms with Gasteiger partial charge in [0.1, 0.15) is 5.82 Å². The average Bonchev–Trinajstić information content (AvgIpc) is 2.92. The molecule has 0 bridgehead atoms. The Bertz CT molecular complexity index is 781. The zero-order valence-corrected chi connectivity index (χ0v) is 10.5. The monoisotopic (exact) mass is 258 g/mol. The van der Waals surface area contributed by atoms with Crippen molar-refractivity contribution in [1.29, 1.82) is 0 Å². The Morgan fingerprint density at radius 1 is 1.47 bits per heavy atom. The highest BCUT2D eigenvalue weighted by atomic mass is 16.4. The number of oxazole rings is 1. The van der Waals surface area contributed by atoms with E-state index in [9.17, 15) is 4.79 Å². The molecule has 3 rings (SSSR count). The Hall–Kier alpha value is -2.34. The minimum absolute atomic E-state index is 0.444. The number of nitrogens with one attached hydrogen (secondary N) is 1. The van der Waals surface area contributed by atoms with E-state index >= 15 is 0 Å². The van der Waals surface area contributed by atoms with E-state index in [4.69, 9.17) is 10.2 Å². The fraction of sp³-hybridized carbons (Fsp3) is 0.231. The molecule has 3 aromatic rings. The van der Waals surface area contributed by atoms with Crippen molar-refractivity contribution in [2.24, 2.45) is 12.8 Å². The largest absolute Gasteiger partial charge is 0.417 e. The van der Waals surface area contributed by atoms with E-state index in [1.165, 1.54) is 0 Å². The van der Waals surface area contributed by atoms with E-state index in [-0.39, 0.29) is 0 Å². The predicted octanol–water partition coefficient (Wildman–Crippen LogP) is 1.02. The van der Waals surface area contributed by atoms with E-state index < -0.39 is 5.76 Å². The SMILES string of the molecule is Cn1c(-c2ccc3[nH]c(=O)oc3c2)cnc1CCN. The number of nitrogens with two attached hydrogens (primary N) is 1. The normalized spacial score (nSPS) is 11.3. The van der Waals surface area contributed by atoms with Gasteiger partial charge in [-0.3, -0.25) is 4.98 Å². The van der Waals surface area contributed by atoms with Crippen molar-refractivity contribution in [2.75, 3.05) is 6.54 Å². The summed E-state index contributed by atoms with van der Waals surface area (Å²) in [6.45, 7) is 0.565. The van der Waals surface area contributed by atoms with Crippen LogP contribution in [-0.2, 0) is 13.5 Å². The van der Waals surface area contributed by atoms with Crippen LogP contribution in [0.1, 0.15) is 5.82 Å². The van der Waals surface area contributed by atoms with Crippen LogP contribution in [0.15, 0.2) is 33.6 Å². The highest BCUT2D eigenvalue weighted by Crippen LogP contribution is 2.23. The molecular weight excluding hydrogens is 244 g/mol. The fourth-order valence-electron chi connectivity index (χ4n) is 2.18. The van der Waals surface area contributed by atoms with Crippen LogP contribution in [0.25, 0.3) is 22.4 Å². The number of hydrogen-bond acceptors (Lipinski definition) is 4. The van der Waals surface area contributed by atoms with Crippen molar-refractivity contribution < 1.29 is 4.42 Å². The molecule has 0 amide bonds. The maximum atomic E-state index is 11.1. The molecule has 19 heavy (non-hydrogen) atoms. The Morgan fingerprint density at radius 3 is 3.11 bits per heavy atom. The summed E-state index contributed by atoms with van der Waals surface area (Å²) in [7, 11) is 1.95. The molecule has 0 unspecified atom stereocenters. The molecule has 0 saturated carbocycles. The lowest BCUT2D eigenvalue weighted by Gasteiger charge is -2.05. The topological polar surface area (TPSA) is 89.8 Å². The zero-order chi connectivity index (χ0) is 13.4. The van der Waals surface area contributed by atoms with Gasteiger partial charge in [-0.15, -0.1) is 0 Å². The van der Waals surface area contributed by atoms with Crippen molar-refractivity contribution in [2.45, 2.75) is 6.42 Å². The van der Waals surface area contributed by atoms with Gasteiger partial charge in [0.25, 0.3) is 0 Å². The summed E-state index contributed by atoms with van der Waals surface area (Å²) in [5.41, 5.74) is 8.70. The molecule has 0 aliphatic heterocycles. The number of rotatable bonds is 3. The van der Waals surface area contributed by atoms with Crippen LogP contribution < -0.4 is 11.5 Å². The molecule has 98 valence electrons. The molecule has 6 nitrogen and oxygen atoms in total. The van der Waals surface area contributed by atoms with E-state index in [1.54, 1.807) is 6.20 Å². The molecule has 0 radical (unpaired) electrons. The van der Waals surface area contributed by atoms with Crippen molar-refractivity contribution in [3.8, 4) is 11.3 Å². The summed E-state index contributed by atoms with van der Waals surface area (Å²) in [5, 5.41) is 0. The number of hydrogen-bond donors (Lipinski definition) is 2. The number of nitrogens with zero attached hydrogens (tertiary/aromatic N) is 2. The molecule has 0 spiro atoms. The van der Waals surface area contributed by atoms with Gasteiger partial charge in [0.2, 0.25) is 0 Å². The van der Waals surface area contributed by atoms with Gasteiger partial charge in [-0.1, -0.05) is 6.07 Å². The fourth-order valence-corrected chi connectivity index (χ4v) is 2.18. The molecule has 0 aliphatic carbocycles. The van der Waals surface area contributed by atoms with Gasteiger partial charge in [-0.2, -0.15) is 0 Å². The molecule has 2 heterocycles. The minimum atomic E-state index is -0.444. The molecule has 0 saturated heterocycles. The first-order chi connectivity index (χ1) is 9.19. The molecule has 0 atom stereocenters. The molecule has 0 fully saturated rings. The lowest BCUT2D eigenvalue weighted by molar-refractivity contribution is 0.555. The second kappa shape index (κ2) is 4.40. The van der Waals surface area contributed by atoms with Gasteiger partial charge >= 0.3 is 5.76 Å². The summed E-state index contributed by atoms with van der Waals surface area (Å²) in [5.74, 6) is 0.495. The van der Waals surface area contributed by atoms with Crippen molar-refractivity contribution in [3.05, 3.63) is 40.8 Å². The van der Waals surface area contributed by atoms with Crippen molar-refractivity contribution in [3.63, 3.8) is 0 Å². The maximum Gasteiger partial charge on any atom is 0.417 e. The van der Waals surface area contributed by atoms with E-state index in [0.717, 1.165) is 23.5 Å². The Labute approximate surface area is 108 Å². The van der Waals surface area contributed by atoms with Gasteiger partial charge < -0.3 is 14.7 Å². The van der Waals surface area contributed by atoms with Crippen molar-refractivity contribution >= 4 is 11.1 Å². The molecule has 3 N–H and O–H groups in total. The number of aromatic amines is 1. The summed E-state index contributed by atoms with van der Waals surface area (Å²) in [6, 6.07) is 5.58. The third-order valence-corrected chi connectivity index (χ3v) is 3.17. The second-order valence-electron chi connectivity index (χ2n) is 4.38. The van der Waals surface area contributed by atoms with Gasteiger partial charge in [-0.05, 0) is 18.7 Å². The second-order valence-corrected chi connectivity index (χ2v) is 4.38. The lowest BCUT2D eigenvalue weighted by Crippen LogP contribution is -2.08. The average molecular weight is 258 g/mol. The smallest absolute Gasteiger partial charge is 0.408 e. The zero-order valence-electron chi connectivity index (χ0n) is 10.5. The molecule has 2 aromatic heterocycles. The maximum absolute atomic E-state index is 11.1. The number of aromatic nitrogens is 3. The summed E-state index contributed by atoms with van der Waals surface area (Å²) >= 11 is 0. The van der Waals surface area contributed by atoms with Crippen LogP contribution in [0.2, 0.25) is 0 Å². The van der Waals surface area contributed by atoms with Gasteiger partial charge in [-0.25, -0.2) is 9.78 Å². The minimum Gasteiger partial charge on any atom is -0.408 e. The van der Waals surface area contributed by atoms with E-state index in [0.29, 0.717) is 17.6 Å². The van der Waals surface area contributed by atoms with Crippen LogP contribution in [-0.4, -0.2) is 21.1 Å². The molecule has 1 aromatic carbocycles. The first-order valence-corrected chi connectivity index (χ1v) is 6.03. The first kappa shape index (κ1) is 11.7. The van der Waals surface area contributed by atoms with E-state index in [1.807, 2.05) is 29.8 Å². The van der Waals surface area contributed by atoms with Gasteiger partial charge in [0.15, 0.2) is 5.58 Å². The number of benzene rings is 1. The standard InChI is InChI=1S/C13H14N4O2/c1-17-10(7-15-12(17)4-5-14)8-2-3-9-11(6-8)19-13(18)16-9/h2-3,6-7H,4-5,14H2,1H3,(H,16,18). The van der Waals surface area contributed by atoms with Crippen LogP contribution in [0.3, 0.4) is 0 Å². The summed E-state index contributed by atoms with van der Waals surface area (Å²) in [4.78, 5) is 18.1.